The van der Waals surface area contributed by atoms with Crippen molar-refractivity contribution in [3.8, 4) is 23.7 Å². The van der Waals surface area contributed by atoms with Gasteiger partial charge < -0.3 is 9.80 Å². The maximum atomic E-state index is 3.65. The molecule has 0 aliphatic rings. The van der Waals surface area contributed by atoms with Crippen LogP contribution >= 0.6 is 0 Å². The minimum Gasteiger partial charge on any atom is -0.371 e. The van der Waals surface area contributed by atoms with Gasteiger partial charge in [0.25, 0.3) is 0 Å². The monoisotopic (exact) mass is 849 g/mol. The molecule has 5 rings (SSSR count). The smallest absolute Gasteiger partial charge is 0.0439 e. The van der Waals surface area contributed by atoms with Gasteiger partial charge in [-0.15, -0.1) is 0 Å². The summed E-state index contributed by atoms with van der Waals surface area (Å²) < 4.78 is 0. The molecule has 5 aromatic carbocycles. The number of benzene rings is 5. The van der Waals surface area contributed by atoms with E-state index in [1.807, 2.05) is 0 Å². The van der Waals surface area contributed by atoms with Gasteiger partial charge in [0.2, 0.25) is 0 Å². The molecule has 0 atom stereocenters. The average molecular weight is 849 g/mol. The zero-order valence-corrected chi connectivity index (χ0v) is 41.1. The fraction of sp³-hybridized carbons (Fsp3) is 0.387. The second-order valence-electron chi connectivity index (χ2n) is 19.4. The summed E-state index contributed by atoms with van der Waals surface area (Å²) in [7, 11) is 0. The molecular weight excluding hydrogens is 773 g/mol. The average Bonchev–Trinajstić information content (AvgIpc) is 3.29. The maximum Gasteiger partial charge on any atom is 0.0439 e. The number of anilines is 2. The van der Waals surface area contributed by atoms with Gasteiger partial charge in [0.05, 0.1) is 0 Å². The standard InChI is InChI=1S/C62H76N2/c1-11-15-43-63(44-16-12-2)59-25-21-19-23-51(59)35-37-55-47-54(34-28-50-31-41-58(42-32-50)62(8,9)10)56(48-53(55)33-27-49-29-39-57(40-30-49)61(5,6)7)38-36-52-24-20-22-26-60(52)64(45-17-13-3)46-18-14-4/h19-26,29-32,35-42,47-48H,11-18,43-46H2,1-10H3/b37-35+,38-36+. The van der Waals surface area contributed by atoms with Crippen LogP contribution in [-0.2, 0) is 10.8 Å². The van der Waals surface area contributed by atoms with Crippen molar-refractivity contribution in [2.24, 2.45) is 0 Å². The summed E-state index contributed by atoms with van der Waals surface area (Å²) in [6.07, 6.45) is 18.5. The predicted octanol–water partition coefficient (Wildman–Crippen LogP) is 16.2. The first-order valence-corrected chi connectivity index (χ1v) is 24.3. The molecule has 64 heavy (non-hydrogen) atoms. The number of unbranched alkanes of at least 4 members (excludes halogenated alkanes) is 4. The van der Waals surface area contributed by atoms with Gasteiger partial charge in [-0.05, 0) is 118 Å². The van der Waals surface area contributed by atoms with Crippen molar-refractivity contribution in [2.75, 3.05) is 36.0 Å². The first-order chi connectivity index (χ1) is 30.8. The summed E-state index contributed by atoms with van der Waals surface area (Å²) >= 11 is 0. The van der Waals surface area contributed by atoms with Gasteiger partial charge in [0, 0.05) is 59.8 Å². The summed E-state index contributed by atoms with van der Waals surface area (Å²) in [6, 6.07) is 39.7. The molecule has 2 heteroatoms. The van der Waals surface area contributed by atoms with E-state index in [-0.39, 0.29) is 10.8 Å². The summed E-state index contributed by atoms with van der Waals surface area (Å²) in [5.41, 5.74) is 13.8. The number of para-hydroxylation sites is 2. The first-order valence-electron chi connectivity index (χ1n) is 24.3. The van der Waals surface area contributed by atoms with Crippen molar-refractivity contribution in [2.45, 2.75) is 131 Å². The Morgan fingerprint density at radius 2 is 0.703 bits per heavy atom. The predicted molar refractivity (Wildman–Crippen MR) is 283 cm³/mol. The van der Waals surface area contributed by atoms with Gasteiger partial charge in [-0.25, -0.2) is 0 Å². The lowest BCUT2D eigenvalue weighted by Crippen LogP contribution is -2.26. The van der Waals surface area contributed by atoms with Crippen molar-refractivity contribution < 1.29 is 0 Å². The lowest BCUT2D eigenvalue weighted by Gasteiger charge is -2.26. The Morgan fingerprint density at radius 1 is 0.391 bits per heavy atom. The van der Waals surface area contributed by atoms with Crippen molar-refractivity contribution in [3.05, 3.63) is 165 Å². The van der Waals surface area contributed by atoms with E-state index in [1.165, 1.54) is 85.0 Å². The fourth-order valence-electron chi connectivity index (χ4n) is 7.80. The zero-order valence-electron chi connectivity index (χ0n) is 41.1. The topological polar surface area (TPSA) is 6.48 Å². The lowest BCUT2D eigenvalue weighted by molar-refractivity contribution is 0.590. The Bertz CT molecular complexity index is 2220. The third kappa shape index (κ3) is 14.7. The minimum atomic E-state index is 0.0806. The number of rotatable bonds is 18. The number of hydrogen-bond acceptors (Lipinski definition) is 2. The minimum absolute atomic E-state index is 0.0806. The van der Waals surface area contributed by atoms with E-state index < -0.39 is 0 Å². The second kappa shape index (κ2) is 24.4. The molecule has 5 aromatic rings. The number of nitrogens with zero attached hydrogens (tertiary/aromatic N) is 2. The molecule has 0 aliphatic carbocycles. The van der Waals surface area contributed by atoms with Gasteiger partial charge in [0.15, 0.2) is 0 Å². The molecule has 0 spiro atoms. The van der Waals surface area contributed by atoms with Crippen LogP contribution in [0.3, 0.4) is 0 Å². The summed E-state index contributed by atoms with van der Waals surface area (Å²) in [4.78, 5) is 5.15. The van der Waals surface area contributed by atoms with E-state index in [1.54, 1.807) is 0 Å². The van der Waals surface area contributed by atoms with E-state index in [4.69, 9.17) is 0 Å². The van der Waals surface area contributed by atoms with Crippen LogP contribution in [0.15, 0.2) is 109 Å². The molecular formula is C62H76N2. The van der Waals surface area contributed by atoms with Crippen LogP contribution in [0.1, 0.15) is 176 Å². The van der Waals surface area contributed by atoms with Gasteiger partial charge in [-0.1, -0.05) is 204 Å². The summed E-state index contributed by atoms with van der Waals surface area (Å²) in [6.45, 7) is 26.9. The third-order valence-corrected chi connectivity index (χ3v) is 12.0. The van der Waals surface area contributed by atoms with Gasteiger partial charge in [0.1, 0.15) is 0 Å². The van der Waals surface area contributed by atoms with E-state index in [9.17, 15) is 0 Å². The van der Waals surface area contributed by atoms with Crippen molar-refractivity contribution >= 4 is 35.7 Å². The number of hydrogen-bond donors (Lipinski definition) is 0. The van der Waals surface area contributed by atoms with Crippen LogP contribution in [0.2, 0.25) is 0 Å². The summed E-state index contributed by atoms with van der Waals surface area (Å²) in [5.74, 6) is 14.4. The Kier molecular flexibility index (Phi) is 18.8. The van der Waals surface area contributed by atoms with Crippen LogP contribution in [0, 0.1) is 23.7 Å². The maximum absolute atomic E-state index is 3.65. The Hall–Kier alpha value is -5.70. The molecule has 0 aromatic heterocycles. The van der Waals surface area contributed by atoms with E-state index in [0.717, 1.165) is 59.6 Å². The van der Waals surface area contributed by atoms with Crippen molar-refractivity contribution in [3.63, 3.8) is 0 Å². The molecule has 334 valence electrons. The SMILES string of the molecule is CCCCN(CCCC)c1ccccc1/C=C/c1cc(C#Cc2ccc(C(C)(C)C)cc2)c(/C=C/c2ccccc2N(CCCC)CCCC)cc1C#Cc1ccc(C(C)(C)C)cc1. The molecule has 0 bridgehead atoms. The lowest BCUT2D eigenvalue weighted by atomic mass is 9.87. The Morgan fingerprint density at radius 3 is 1.02 bits per heavy atom. The van der Waals surface area contributed by atoms with E-state index >= 15 is 0 Å². The zero-order chi connectivity index (χ0) is 46.0. The molecule has 0 unspecified atom stereocenters. The normalized spacial score (nSPS) is 11.7. The highest BCUT2D eigenvalue weighted by atomic mass is 15.1. The molecule has 0 fully saturated rings. The third-order valence-electron chi connectivity index (χ3n) is 12.0. The highest BCUT2D eigenvalue weighted by Gasteiger charge is 2.15. The molecule has 0 N–H and O–H groups in total. The van der Waals surface area contributed by atoms with Gasteiger partial charge in [-0.2, -0.15) is 0 Å². The fourth-order valence-corrected chi connectivity index (χ4v) is 7.80. The van der Waals surface area contributed by atoms with E-state index in [0.29, 0.717) is 0 Å². The highest BCUT2D eigenvalue weighted by molar-refractivity contribution is 5.83. The van der Waals surface area contributed by atoms with Crippen molar-refractivity contribution in [1.29, 1.82) is 0 Å². The molecule has 0 radical (unpaired) electrons. The quantitative estimate of drug-likeness (QED) is 0.0640. The molecule has 2 nitrogen and oxygen atoms in total. The highest BCUT2D eigenvalue weighted by Crippen LogP contribution is 2.29. The van der Waals surface area contributed by atoms with Crippen LogP contribution < -0.4 is 9.80 Å². The molecule has 0 saturated carbocycles. The Balaban J connectivity index is 1.70. The largest absolute Gasteiger partial charge is 0.371 e. The van der Waals surface area contributed by atoms with Crippen LogP contribution in [-0.4, -0.2) is 26.2 Å². The second-order valence-corrected chi connectivity index (χ2v) is 19.4. The molecule has 0 heterocycles. The van der Waals surface area contributed by atoms with E-state index in [2.05, 4.69) is 236 Å². The Labute approximate surface area is 389 Å². The van der Waals surface area contributed by atoms with Crippen LogP contribution in [0.25, 0.3) is 24.3 Å². The van der Waals surface area contributed by atoms with Crippen molar-refractivity contribution in [1.82, 2.24) is 0 Å². The van der Waals surface area contributed by atoms with Crippen LogP contribution in [0.4, 0.5) is 11.4 Å². The summed E-state index contributed by atoms with van der Waals surface area (Å²) in [5, 5.41) is 0. The van der Waals surface area contributed by atoms with Crippen LogP contribution in [0.5, 0.6) is 0 Å². The molecule has 0 saturated heterocycles. The molecule has 0 aliphatic heterocycles. The molecule has 0 amide bonds. The van der Waals surface area contributed by atoms with Gasteiger partial charge in [-0.3, -0.25) is 0 Å². The van der Waals surface area contributed by atoms with Gasteiger partial charge >= 0.3 is 0 Å². The first kappa shape index (κ1) is 49.3.